The Morgan fingerprint density at radius 2 is 0.900 bits per heavy atom. The molecule has 0 radical (unpaired) electrons. The highest BCUT2D eigenvalue weighted by molar-refractivity contribution is 7.26. The van der Waals surface area contributed by atoms with Crippen LogP contribution in [0.15, 0.2) is 188 Å². The van der Waals surface area contributed by atoms with E-state index in [-0.39, 0.29) is 0 Å². The second-order valence-electron chi connectivity index (χ2n) is 12.9. The first-order valence-corrected chi connectivity index (χ1v) is 17.9. The van der Waals surface area contributed by atoms with Crippen LogP contribution in [0.5, 0.6) is 0 Å². The summed E-state index contributed by atoms with van der Waals surface area (Å²) in [5.41, 5.74) is 13.3. The van der Waals surface area contributed by atoms with Crippen LogP contribution in [0, 0.1) is 0 Å². The summed E-state index contributed by atoms with van der Waals surface area (Å²) in [6.45, 7) is 0. The van der Waals surface area contributed by atoms with Crippen LogP contribution in [0.4, 0.5) is 0 Å². The number of fused-ring (bicyclic) bond motifs is 6. The molecule has 8 aromatic carbocycles. The van der Waals surface area contributed by atoms with Crippen LogP contribution in [-0.2, 0) is 0 Å². The molecule has 0 unspecified atom stereocenters. The first-order chi connectivity index (χ1) is 24.8. The minimum absolute atomic E-state index is 1.15. The second-order valence-corrected chi connectivity index (χ2v) is 13.9. The van der Waals surface area contributed by atoms with Crippen LogP contribution >= 0.6 is 11.3 Å². The SMILES string of the molecule is c1ccc(-c2cc(-c3cccc(-n4c5ccccc5c5ccccc54)c3)c(-c3ccccc3)c(-c3cccc4c3sc3ccccc34)c2)cc1. The zero-order valence-electron chi connectivity index (χ0n) is 27.3. The number of nitrogens with zero attached hydrogens (tertiary/aromatic N) is 1. The van der Waals surface area contributed by atoms with Crippen LogP contribution in [-0.4, -0.2) is 4.57 Å². The molecular formula is C48H31NS. The van der Waals surface area contributed by atoms with Gasteiger partial charge in [-0.05, 0) is 81.4 Å². The predicted octanol–water partition coefficient (Wildman–Crippen LogP) is 13.8. The molecule has 234 valence electrons. The maximum Gasteiger partial charge on any atom is 0.0541 e. The van der Waals surface area contributed by atoms with Crippen molar-refractivity contribution in [3.8, 4) is 50.2 Å². The number of aromatic nitrogens is 1. The molecule has 2 aromatic heterocycles. The molecule has 1 nitrogen and oxygen atoms in total. The number of thiophene rings is 1. The molecule has 0 bridgehead atoms. The third kappa shape index (κ3) is 4.61. The van der Waals surface area contributed by atoms with Gasteiger partial charge in [0.25, 0.3) is 0 Å². The topological polar surface area (TPSA) is 4.93 Å². The summed E-state index contributed by atoms with van der Waals surface area (Å²) in [4.78, 5) is 0. The predicted molar refractivity (Wildman–Crippen MR) is 215 cm³/mol. The Labute approximate surface area is 295 Å². The highest BCUT2D eigenvalue weighted by Crippen LogP contribution is 2.48. The second kappa shape index (κ2) is 11.7. The van der Waals surface area contributed by atoms with Crippen molar-refractivity contribution >= 4 is 53.3 Å². The fourth-order valence-electron chi connectivity index (χ4n) is 7.77. The van der Waals surface area contributed by atoms with E-state index in [9.17, 15) is 0 Å². The Bertz CT molecular complexity index is 2800. The Morgan fingerprint density at radius 3 is 1.64 bits per heavy atom. The molecule has 10 rings (SSSR count). The van der Waals surface area contributed by atoms with Crippen LogP contribution in [0.2, 0.25) is 0 Å². The Balaban J connectivity index is 1.30. The normalized spacial score (nSPS) is 11.6. The third-order valence-corrected chi connectivity index (χ3v) is 11.2. The van der Waals surface area contributed by atoms with Gasteiger partial charge in [0.15, 0.2) is 0 Å². The maximum atomic E-state index is 2.41. The van der Waals surface area contributed by atoms with Gasteiger partial charge in [-0.3, -0.25) is 0 Å². The number of hydrogen-bond acceptors (Lipinski definition) is 1. The monoisotopic (exact) mass is 653 g/mol. The van der Waals surface area contributed by atoms with Crippen molar-refractivity contribution in [1.82, 2.24) is 4.57 Å². The van der Waals surface area contributed by atoms with Crippen molar-refractivity contribution < 1.29 is 0 Å². The molecular weight excluding hydrogens is 623 g/mol. The quantitative estimate of drug-likeness (QED) is 0.174. The van der Waals surface area contributed by atoms with Crippen LogP contribution in [0.3, 0.4) is 0 Å². The van der Waals surface area contributed by atoms with Crippen molar-refractivity contribution in [2.75, 3.05) is 0 Å². The molecule has 0 aliphatic rings. The minimum atomic E-state index is 1.15. The van der Waals surface area contributed by atoms with Gasteiger partial charge in [-0.15, -0.1) is 11.3 Å². The molecule has 0 aliphatic carbocycles. The van der Waals surface area contributed by atoms with E-state index >= 15 is 0 Å². The summed E-state index contributed by atoms with van der Waals surface area (Å²) >= 11 is 1.89. The van der Waals surface area contributed by atoms with E-state index in [1.165, 1.54) is 86.5 Å². The molecule has 10 aromatic rings. The minimum Gasteiger partial charge on any atom is -0.309 e. The lowest BCUT2D eigenvalue weighted by molar-refractivity contribution is 1.18. The zero-order chi connectivity index (χ0) is 33.0. The summed E-state index contributed by atoms with van der Waals surface area (Å²) in [6.07, 6.45) is 0. The fraction of sp³-hybridized carbons (Fsp3) is 0. The summed E-state index contributed by atoms with van der Waals surface area (Å²) in [7, 11) is 0. The summed E-state index contributed by atoms with van der Waals surface area (Å²) in [5.74, 6) is 0. The Kier molecular flexibility index (Phi) is 6.75. The summed E-state index contributed by atoms with van der Waals surface area (Å²) in [6, 6.07) is 68.7. The molecule has 2 heteroatoms. The van der Waals surface area contributed by atoms with Crippen molar-refractivity contribution in [2.45, 2.75) is 0 Å². The highest BCUT2D eigenvalue weighted by Gasteiger charge is 2.21. The number of rotatable bonds is 5. The molecule has 0 amide bonds. The molecule has 0 fully saturated rings. The molecule has 0 atom stereocenters. The van der Waals surface area contributed by atoms with E-state index in [4.69, 9.17) is 0 Å². The number of para-hydroxylation sites is 2. The van der Waals surface area contributed by atoms with E-state index in [2.05, 4.69) is 193 Å². The number of hydrogen-bond donors (Lipinski definition) is 0. The lowest BCUT2D eigenvalue weighted by Gasteiger charge is -2.20. The van der Waals surface area contributed by atoms with E-state index in [0.29, 0.717) is 0 Å². The molecule has 0 saturated heterocycles. The van der Waals surface area contributed by atoms with Crippen LogP contribution < -0.4 is 0 Å². The van der Waals surface area contributed by atoms with E-state index in [1.807, 2.05) is 11.3 Å². The standard InChI is InChI=1S/C48H31NS/c1-3-15-32(16-4-1)35-30-42(34-19-13-20-36(29-34)49-44-26-10-7-21-37(44)38-22-8-11-27-45(38)49)47(33-17-5-2-6-18-33)43(31-35)41-25-14-24-40-39-23-9-12-28-46(39)50-48(40)41/h1-31H. The van der Waals surface area contributed by atoms with Gasteiger partial charge in [-0.1, -0.05) is 146 Å². The molecule has 0 spiro atoms. The average Bonchev–Trinajstić information content (AvgIpc) is 3.74. The Morgan fingerprint density at radius 1 is 0.340 bits per heavy atom. The molecule has 2 heterocycles. The van der Waals surface area contributed by atoms with Crippen molar-refractivity contribution in [2.24, 2.45) is 0 Å². The first kappa shape index (κ1) is 28.8. The number of benzene rings is 8. The van der Waals surface area contributed by atoms with Crippen LogP contribution in [0.1, 0.15) is 0 Å². The summed E-state index contributed by atoms with van der Waals surface area (Å²) in [5, 5.41) is 5.16. The first-order valence-electron chi connectivity index (χ1n) is 17.1. The zero-order valence-corrected chi connectivity index (χ0v) is 28.1. The lowest BCUT2D eigenvalue weighted by Crippen LogP contribution is -1.96. The largest absolute Gasteiger partial charge is 0.309 e. The van der Waals surface area contributed by atoms with Crippen molar-refractivity contribution in [3.05, 3.63) is 188 Å². The van der Waals surface area contributed by atoms with Crippen LogP contribution in [0.25, 0.3) is 92.2 Å². The molecule has 0 aliphatic heterocycles. The smallest absolute Gasteiger partial charge is 0.0541 e. The van der Waals surface area contributed by atoms with Gasteiger partial charge in [-0.25, -0.2) is 0 Å². The average molecular weight is 654 g/mol. The lowest BCUT2D eigenvalue weighted by atomic mass is 9.84. The van der Waals surface area contributed by atoms with Gasteiger partial charge in [-0.2, -0.15) is 0 Å². The summed E-state index contributed by atoms with van der Waals surface area (Å²) < 4.78 is 5.05. The fourth-order valence-corrected chi connectivity index (χ4v) is 9.00. The third-order valence-electron chi connectivity index (χ3n) is 10.00. The van der Waals surface area contributed by atoms with Gasteiger partial charge < -0.3 is 4.57 Å². The van der Waals surface area contributed by atoms with Gasteiger partial charge >= 0.3 is 0 Å². The van der Waals surface area contributed by atoms with E-state index in [0.717, 1.165) is 5.69 Å². The Hall–Kier alpha value is -6.22. The van der Waals surface area contributed by atoms with E-state index in [1.54, 1.807) is 0 Å². The van der Waals surface area contributed by atoms with Crippen molar-refractivity contribution in [1.29, 1.82) is 0 Å². The molecule has 0 N–H and O–H groups in total. The highest BCUT2D eigenvalue weighted by atomic mass is 32.1. The van der Waals surface area contributed by atoms with Gasteiger partial charge in [0.2, 0.25) is 0 Å². The van der Waals surface area contributed by atoms with Crippen molar-refractivity contribution in [3.63, 3.8) is 0 Å². The molecule has 0 saturated carbocycles. The van der Waals surface area contributed by atoms with Gasteiger partial charge in [0.05, 0.1) is 11.0 Å². The van der Waals surface area contributed by atoms with E-state index < -0.39 is 0 Å². The van der Waals surface area contributed by atoms with Gasteiger partial charge in [0.1, 0.15) is 0 Å². The molecule has 50 heavy (non-hydrogen) atoms. The maximum absolute atomic E-state index is 2.41. The van der Waals surface area contributed by atoms with Gasteiger partial charge in [0, 0.05) is 42.2 Å².